The Bertz CT molecular complexity index is 299. The van der Waals surface area contributed by atoms with Crippen LogP contribution in [0.15, 0.2) is 6.33 Å². The van der Waals surface area contributed by atoms with Crippen molar-refractivity contribution >= 4 is 0 Å². The van der Waals surface area contributed by atoms with Crippen molar-refractivity contribution in [3.63, 3.8) is 0 Å². The third-order valence-corrected chi connectivity index (χ3v) is 2.85. The third-order valence-electron chi connectivity index (χ3n) is 2.85. The number of piperidine rings is 1. The lowest BCUT2D eigenvalue weighted by molar-refractivity contribution is 0.401. The van der Waals surface area contributed by atoms with Crippen molar-refractivity contribution in [1.82, 2.24) is 20.1 Å². The molecule has 0 bridgehead atoms. The second-order valence-electron chi connectivity index (χ2n) is 4.74. The van der Waals surface area contributed by atoms with Gasteiger partial charge in [0.2, 0.25) is 0 Å². The molecule has 2 rings (SSSR count). The molecule has 4 heteroatoms. The van der Waals surface area contributed by atoms with Crippen LogP contribution in [-0.2, 0) is 6.54 Å². The standard InChI is InChI=1S/C11H20N4/c1-9(2)7-15-11(13-8-14-15)10-4-3-5-12-6-10/h8-10,12H,3-7H2,1-2H3/t10-/m1/s1. The normalized spacial score (nSPS) is 22.2. The summed E-state index contributed by atoms with van der Waals surface area (Å²) in [6.45, 7) is 7.60. The maximum Gasteiger partial charge on any atom is 0.138 e. The van der Waals surface area contributed by atoms with E-state index in [1.165, 1.54) is 12.8 Å². The predicted molar refractivity (Wildman–Crippen MR) is 59.7 cm³/mol. The Morgan fingerprint density at radius 2 is 2.47 bits per heavy atom. The molecule has 1 fully saturated rings. The summed E-state index contributed by atoms with van der Waals surface area (Å²) in [7, 11) is 0. The van der Waals surface area contributed by atoms with E-state index in [1.807, 2.05) is 0 Å². The number of hydrogen-bond acceptors (Lipinski definition) is 3. The molecule has 0 spiro atoms. The van der Waals surface area contributed by atoms with Crippen LogP contribution in [-0.4, -0.2) is 27.9 Å². The van der Waals surface area contributed by atoms with Gasteiger partial charge in [-0.15, -0.1) is 0 Å². The first-order valence-corrected chi connectivity index (χ1v) is 5.86. The van der Waals surface area contributed by atoms with Gasteiger partial charge >= 0.3 is 0 Å². The maximum atomic E-state index is 4.40. The zero-order valence-electron chi connectivity index (χ0n) is 9.61. The van der Waals surface area contributed by atoms with E-state index in [0.717, 1.165) is 25.5 Å². The van der Waals surface area contributed by atoms with Crippen LogP contribution in [0.3, 0.4) is 0 Å². The Morgan fingerprint density at radius 1 is 1.60 bits per heavy atom. The second-order valence-corrected chi connectivity index (χ2v) is 4.74. The molecule has 4 nitrogen and oxygen atoms in total. The van der Waals surface area contributed by atoms with Crippen molar-refractivity contribution in [3.8, 4) is 0 Å². The van der Waals surface area contributed by atoms with Crippen LogP contribution in [0.1, 0.15) is 38.4 Å². The van der Waals surface area contributed by atoms with E-state index in [-0.39, 0.29) is 0 Å². The summed E-state index contributed by atoms with van der Waals surface area (Å²) < 4.78 is 2.07. The van der Waals surface area contributed by atoms with E-state index in [9.17, 15) is 0 Å². The quantitative estimate of drug-likeness (QED) is 0.816. The Labute approximate surface area is 91.1 Å². The minimum atomic E-state index is 0.556. The van der Waals surface area contributed by atoms with Crippen molar-refractivity contribution in [1.29, 1.82) is 0 Å². The smallest absolute Gasteiger partial charge is 0.138 e. The highest BCUT2D eigenvalue weighted by molar-refractivity contribution is 4.98. The summed E-state index contributed by atoms with van der Waals surface area (Å²) in [5.74, 6) is 2.35. The van der Waals surface area contributed by atoms with Crippen molar-refractivity contribution in [2.45, 2.75) is 39.2 Å². The van der Waals surface area contributed by atoms with Crippen LogP contribution in [0.5, 0.6) is 0 Å². The Kier molecular flexibility index (Phi) is 3.36. The first-order chi connectivity index (χ1) is 7.27. The summed E-state index contributed by atoms with van der Waals surface area (Å²) in [4.78, 5) is 4.40. The molecule has 1 aromatic heterocycles. The molecule has 0 unspecified atom stereocenters. The highest BCUT2D eigenvalue weighted by Crippen LogP contribution is 2.21. The molecule has 84 valence electrons. The van der Waals surface area contributed by atoms with Crippen LogP contribution in [0.25, 0.3) is 0 Å². The minimum Gasteiger partial charge on any atom is -0.316 e. The first-order valence-electron chi connectivity index (χ1n) is 5.86. The zero-order valence-corrected chi connectivity index (χ0v) is 9.61. The molecule has 1 N–H and O–H groups in total. The summed E-state index contributed by atoms with van der Waals surface area (Å²) in [6, 6.07) is 0. The number of aromatic nitrogens is 3. The van der Waals surface area contributed by atoms with E-state index in [2.05, 4.69) is 33.9 Å². The van der Waals surface area contributed by atoms with Gasteiger partial charge in [0, 0.05) is 19.0 Å². The lowest BCUT2D eigenvalue weighted by Crippen LogP contribution is -2.30. The van der Waals surface area contributed by atoms with E-state index >= 15 is 0 Å². The van der Waals surface area contributed by atoms with E-state index in [4.69, 9.17) is 0 Å². The van der Waals surface area contributed by atoms with Gasteiger partial charge in [-0.25, -0.2) is 9.67 Å². The van der Waals surface area contributed by atoms with Crippen LogP contribution in [0, 0.1) is 5.92 Å². The van der Waals surface area contributed by atoms with Gasteiger partial charge in [0.1, 0.15) is 12.2 Å². The summed E-state index contributed by atoms with van der Waals surface area (Å²) in [5.41, 5.74) is 0. The zero-order chi connectivity index (χ0) is 10.7. The Morgan fingerprint density at radius 3 is 3.13 bits per heavy atom. The molecule has 0 saturated carbocycles. The third kappa shape index (κ3) is 2.56. The van der Waals surface area contributed by atoms with Gasteiger partial charge in [-0.05, 0) is 25.3 Å². The van der Waals surface area contributed by atoms with Gasteiger partial charge in [0.05, 0.1) is 0 Å². The molecule has 1 aromatic rings. The molecule has 1 atom stereocenters. The van der Waals surface area contributed by atoms with Crippen molar-refractivity contribution in [2.24, 2.45) is 5.92 Å². The first kappa shape index (κ1) is 10.6. The fourth-order valence-corrected chi connectivity index (χ4v) is 2.15. The Hall–Kier alpha value is -0.900. The molecule has 15 heavy (non-hydrogen) atoms. The molecule has 2 heterocycles. The molecule has 0 amide bonds. The molecule has 0 aliphatic carbocycles. The molecule has 0 radical (unpaired) electrons. The highest BCUT2D eigenvalue weighted by atomic mass is 15.3. The lowest BCUT2D eigenvalue weighted by atomic mass is 9.99. The SMILES string of the molecule is CC(C)Cn1ncnc1[C@@H]1CCCNC1. The van der Waals surface area contributed by atoms with Crippen molar-refractivity contribution in [2.75, 3.05) is 13.1 Å². The fraction of sp³-hybridized carbons (Fsp3) is 0.818. The van der Waals surface area contributed by atoms with E-state index in [1.54, 1.807) is 6.33 Å². The van der Waals surface area contributed by atoms with E-state index < -0.39 is 0 Å². The average molecular weight is 208 g/mol. The average Bonchev–Trinajstić information content (AvgIpc) is 2.66. The molecular formula is C11H20N4. The summed E-state index contributed by atoms with van der Waals surface area (Å²) in [6.07, 6.45) is 4.18. The number of nitrogens with zero attached hydrogens (tertiary/aromatic N) is 3. The maximum absolute atomic E-state index is 4.40. The number of hydrogen-bond donors (Lipinski definition) is 1. The highest BCUT2D eigenvalue weighted by Gasteiger charge is 2.20. The van der Waals surface area contributed by atoms with Crippen LogP contribution < -0.4 is 5.32 Å². The minimum absolute atomic E-state index is 0.556. The molecule has 0 aromatic carbocycles. The van der Waals surface area contributed by atoms with Crippen LogP contribution >= 0.6 is 0 Å². The predicted octanol–water partition coefficient (Wildman–Crippen LogP) is 1.40. The molecule has 1 saturated heterocycles. The number of nitrogens with one attached hydrogen (secondary N) is 1. The summed E-state index contributed by atoms with van der Waals surface area (Å²) >= 11 is 0. The van der Waals surface area contributed by atoms with E-state index in [0.29, 0.717) is 11.8 Å². The fourth-order valence-electron chi connectivity index (χ4n) is 2.15. The monoisotopic (exact) mass is 208 g/mol. The van der Waals surface area contributed by atoms with Crippen LogP contribution in [0.2, 0.25) is 0 Å². The Balaban J connectivity index is 2.09. The molecule has 1 aliphatic heterocycles. The van der Waals surface area contributed by atoms with Crippen LogP contribution in [0.4, 0.5) is 0 Å². The van der Waals surface area contributed by atoms with Gasteiger partial charge in [0.25, 0.3) is 0 Å². The van der Waals surface area contributed by atoms with Crippen molar-refractivity contribution < 1.29 is 0 Å². The second kappa shape index (κ2) is 4.75. The number of rotatable bonds is 3. The van der Waals surface area contributed by atoms with Gasteiger partial charge < -0.3 is 5.32 Å². The van der Waals surface area contributed by atoms with Gasteiger partial charge in [0.15, 0.2) is 0 Å². The van der Waals surface area contributed by atoms with Gasteiger partial charge in [-0.1, -0.05) is 13.8 Å². The van der Waals surface area contributed by atoms with Gasteiger partial charge in [-0.2, -0.15) is 5.10 Å². The summed E-state index contributed by atoms with van der Waals surface area (Å²) in [5, 5.41) is 7.73. The molecular weight excluding hydrogens is 188 g/mol. The topological polar surface area (TPSA) is 42.7 Å². The van der Waals surface area contributed by atoms with Gasteiger partial charge in [-0.3, -0.25) is 0 Å². The lowest BCUT2D eigenvalue weighted by Gasteiger charge is -2.22. The molecule has 1 aliphatic rings. The van der Waals surface area contributed by atoms with Crippen molar-refractivity contribution in [3.05, 3.63) is 12.2 Å². The largest absolute Gasteiger partial charge is 0.316 e.